The van der Waals surface area contributed by atoms with E-state index in [0.29, 0.717) is 10.9 Å². The number of fused-ring (bicyclic) bond motifs is 1. The van der Waals surface area contributed by atoms with Crippen LogP contribution in [0, 0.1) is 5.82 Å². The van der Waals surface area contributed by atoms with Crippen molar-refractivity contribution in [1.29, 1.82) is 0 Å². The van der Waals surface area contributed by atoms with E-state index < -0.39 is 5.97 Å². The molecule has 16 heavy (non-hydrogen) atoms. The van der Waals surface area contributed by atoms with Crippen LogP contribution in [-0.4, -0.2) is 29.3 Å². The second kappa shape index (κ2) is 4.32. The largest absolute Gasteiger partial charge is 0.459 e. The van der Waals surface area contributed by atoms with Crippen molar-refractivity contribution in [3.8, 4) is 0 Å². The predicted molar refractivity (Wildman–Crippen MR) is 55.6 cm³/mol. The molecule has 0 aliphatic heterocycles. The summed E-state index contributed by atoms with van der Waals surface area (Å²) in [6.07, 6.45) is 0. The van der Waals surface area contributed by atoms with Gasteiger partial charge in [0.15, 0.2) is 0 Å². The summed E-state index contributed by atoms with van der Waals surface area (Å²) in [6.45, 7) is -0.275. The molecule has 0 unspecified atom stereocenters. The third kappa shape index (κ3) is 2.04. The molecule has 84 valence electrons. The van der Waals surface area contributed by atoms with Gasteiger partial charge in [0.1, 0.15) is 18.1 Å². The number of carbonyl (C=O) groups excluding carboxylic acids is 1. The molecule has 0 bridgehead atoms. The van der Waals surface area contributed by atoms with Crippen LogP contribution in [0.1, 0.15) is 10.5 Å². The van der Waals surface area contributed by atoms with Gasteiger partial charge in [-0.3, -0.25) is 0 Å². The Morgan fingerprint density at radius 1 is 1.44 bits per heavy atom. The van der Waals surface area contributed by atoms with Crippen molar-refractivity contribution in [3.05, 3.63) is 35.8 Å². The number of aromatic nitrogens is 1. The predicted octanol–water partition coefficient (Wildman–Crippen LogP) is 1.46. The highest BCUT2D eigenvalue weighted by Crippen LogP contribution is 2.17. The van der Waals surface area contributed by atoms with Gasteiger partial charge in [-0.1, -0.05) is 0 Å². The summed E-state index contributed by atoms with van der Waals surface area (Å²) in [5.41, 5.74) is 0.909. The highest BCUT2D eigenvalue weighted by molar-refractivity contribution is 5.94. The molecule has 1 aromatic carbocycles. The van der Waals surface area contributed by atoms with Crippen LogP contribution in [0.25, 0.3) is 10.9 Å². The van der Waals surface area contributed by atoms with E-state index in [1.807, 2.05) is 0 Å². The summed E-state index contributed by atoms with van der Waals surface area (Å²) in [5.74, 6) is -0.924. The lowest BCUT2D eigenvalue weighted by molar-refractivity contribution is 0.0428. The lowest BCUT2D eigenvalue weighted by Gasteiger charge is -1.98. The maximum Gasteiger partial charge on any atom is 0.354 e. The van der Waals surface area contributed by atoms with Crippen LogP contribution < -0.4 is 0 Å². The Kier molecular flexibility index (Phi) is 2.87. The number of halogens is 1. The van der Waals surface area contributed by atoms with E-state index in [9.17, 15) is 9.18 Å². The fraction of sp³-hybridized carbons (Fsp3) is 0.182. The highest BCUT2D eigenvalue weighted by Gasteiger charge is 2.10. The van der Waals surface area contributed by atoms with Gasteiger partial charge in [0, 0.05) is 10.9 Å². The Bertz CT molecular complexity index is 521. The number of H-pyrrole nitrogens is 1. The monoisotopic (exact) mass is 223 g/mol. The number of aliphatic hydroxyl groups is 1. The van der Waals surface area contributed by atoms with Gasteiger partial charge in [-0.2, -0.15) is 0 Å². The molecule has 5 heteroatoms. The van der Waals surface area contributed by atoms with Crippen molar-refractivity contribution in [1.82, 2.24) is 4.98 Å². The van der Waals surface area contributed by atoms with E-state index in [1.165, 1.54) is 18.2 Å². The number of carbonyl (C=O) groups is 1. The zero-order valence-corrected chi connectivity index (χ0v) is 8.37. The number of esters is 1. The second-order valence-electron chi connectivity index (χ2n) is 3.27. The van der Waals surface area contributed by atoms with Crippen LogP contribution in [0.5, 0.6) is 0 Å². The topological polar surface area (TPSA) is 62.3 Å². The minimum Gasteiger partial charge on any atom is -0.459 e. The average Bonchev–Trinajstić information content (AvgIpc) is 2.68. The van der Waals surface area contributed by atoms with E-state index in [0.717, 1.165) is 0 Å². The maximum absolute atomic E-state index is 12.9. The number of hydrogen-bond donors (Lipinski definition) is 2. The summed E-state index contributed by atoms with van der Waals surface area (Å²) in [5, 5.41) is 9.11. The van der Waals surface area contributed by atoms with Crippen molar-refractivity contribution in [3.63, 3.8) is 0 Å². The quantitative estimate of drug-likeness (QED) is 0.774. The van der Waals surface area contributed by atoms with Gasteiger partial charge in [0.05, 0.1) is 6.61 Å². The van der Waals surface area contributed by atoms with Gasteiger partial charge in [-0.05, 0) is 24.3 Å². The Balaban J connectivity index is 2.28. The number of ether oxygens (including phenoxy) is 1. The van der Waals surface area contributed by atoms with Crippen molar-refractivity contribution < 1.29 is 19.0 Å². The lowest BCUT2D eigenvalue weighted by atomic mass is 10.2. The Morgan fingerprint density at radius 3 is 3.00 bits per heavy atom. The molecule has 0 saturated heterocycles. The summed E-state index contributed by atoms with van der Waals surface area (Å²) in [7, 11) is 0. The third-order valence-electron chi connectivity index (χ3n) is 2.13. The molecule has 1 heterocycles. The zero-order chi connectivity index (χ0) is 11.5. The molecule has 1 aromatic heterocycles. The van der Waals surface area contributed by atoms with Crippen LogP contribution in [0.4, 0.5) is 4.39 Å². The highest BCUT2D eigenvalue weighted by atomic mass is 19.1. The van der Waals surface area contributed by atoms with Gasteiger partial charge < -0.3 is 14.8 Å². The molecule has 0 spiro atoms. The van der Waals surface area contributed by atoms with Crippen LogP contribution >= 0.6 is 0 Å². The number of rotatable bonds is 3. The molecule has 2 rings (SSSR count). The van der Waals surface area contributed by atoms with Crippen molar-refractivity contribution >= 4 is 16.9 Å². The molecule has 0 amide bonds. The number of aliphatic hydroxyl groups excluding tert-OH is 1. The zero-order valence-electron chi connectivity index (χ0n) is 8.37. The van der Waals surface area contributed by atoms with Crippen LogP contribution in [0.2, 0.25) is 0 Å². The maximum atomic E-state index is 12.9. The molecule has 0 saturated carbocycles. The summed E-state index contributed by atoms with van der Waals surface area (Å²) in [6, 6.07) is 5.70. The third-order valence-corrected chi connectivity index (χ3v) is 2.13. The molecule has 4 nitrogen and oxygen atoms in total. The molecule has 0 aliphatic rings. The Hall–Kier alpha value is -1.88. The van der Waals surface area contributed by atoms with Crippen LogP contribution in [0.3, 0.4) is 0 Å². The smallest absolute Gasteiger partial charge is 0.354 e. The first-order chi connectivity index (χ1) is 7.70. The number of aromatic amines is 1. The average molecular weight is 223 g/mol. The Morgan fingerprint density at radius 2 is 2.25 bits per heavy atom. The van der Waals surface area contributed by atoms with E-state index in [-0.39, 0.29) is 24.7 Å². The van der Waals surface area contributed by atoms with Gasteiger partial charge in [0.2, 0.25) is 0 Å². The van der Waals surface area contributed by atoms with Gasteiger partial charge in [0.25, 0.3) is 0 Å². The van der Waals surface area contributed by atoms with Crippen molar-refractivity contribution in [2.24, 2.45) is 0 Å². The molecule has 0 radical (unpaired) electrons. The van der Waals surface area contributed by atoms with Gasteiger partial charge >= 0.3 is 5.97 Å². The second-order valence-corrected chi connectivity index (χ2v) is 3.27. The van der Waals surface area contributed by atoms with Crippen LogP contribution in [0.15, 0.2) is 24.3 Å². The van der Waals surface area contributed by atoms with E-state index in [1.54, 1.807) is 6.07 Å². The SMILES string of the molecule is O=C(OCCO)c1cc2cc(F)ccc2[nH]1. The fourth-order valence-corrected chi connectivity index (χ4v) is 1.43. The van der Waals surface area contributed by atoms with E-state index in [2.05, 4.69) is 4.98 Å². The molecular formula is C11H10FNO3. The molecule has 0 fully saturated rings. The first-order valence-electron chi connectivity index (χ1n) is 4.77. The first kappa shape index (κ1) is 10.6. The fourth-order valence-electron chi connectivity index (χ4n) is 1.43. The Labute approximate surface area is 90.7 Å². The lowest BCUT2D eigenvalue weighted by Crippen LogP contribution is -2.08. The normalized spacial score (nSPS) is 10.6. The summed E-state index contributed by atoms with van der Waals surface area (Å²) in [4.78, 5) is 14.2. The van der Waals surface area contributed by atoms with Gasteiger partial charge in [-0.25, -0.2) is 9.18 Å². The first-order valence-corrected chi connectivity index (χ1v) is 4.77. The summed E-state index contributed by atoms with van der Waals surface area (Å²) >= 11 is 0. The molecular weight excluding hydrogens is 213 g/mol. The molecule has 2 aromatic rings. The molecule has 0 atom stereocenters. The summed E-state index contributed by atoms with van der Waals surface area (Å²) < 4.78 is 17.6. The van der Waals surface area contributed by atoms with Crippen molar-refractivity contribution in [2.75, 3.05) is 13.2 Å². The van der Waals surface area contributed by atoms with Crippen molar-refractivity contribution in [2.45, 2.75) is 0 Å². The number of benzene rings is 1. The minimum atomic E-state index is -0.564. The van der Waals surface area contributed by atoms with E-state index in [4.69, 9.17) is 9.84 Å². The van der Waals surface area contributed by atoms with Gasteiger partial charge in [-0.15, -0.1) is 0 Å². The number of nitrogens with one attached hydrogen (secondary N) is 1. The molecule has 2 N–H and O–H groups in total. The van der Waals surface area contributed by atoms with E-state index >= 15 is 0 Å². The minimum absolute atomic E-state index is 0.0530. The van der Waals surface area contributed by atoms with Crippen LogP contribution in [-0.2, 0) is 4.74 Å². The molecule has 0 aliphatic carbocycles. The standard InChI is InChI=1S/C11H10FNO3/c12-8-1-2-9-7(5-8)6-10(13-9)11(15)16-4-3-14/h1-2,5-6,13-14H,3-4H2. The number of hydrogen-bond acceptors (Lipinski definition) is 3.